The van der Waals surface area contributed by atoms with Crippen LogP contribution < -0.4 is 10.1 Å². The summed E-state index contributed by atoms with van der Waals surface area (Å²) in [4.78, 5) is 2.32. The Kier molecular flexibility index (Phi) is 7.43. The Bertz CT molecular complexity index is 561. The third-order valence-electron chi connectivity index (χ3n) is 4.91. The van der Waals surface area contributed by atoms with Crippen LogP contribution in [-0.4, -0.2) is 37.4 Å². The van der Waals surface area contributed by atoms with Crippen LogP contribution in [0, 0.1) is 5.92 Å². The molecular weight excluding hydrogens is 421 g/mol. The van der Waals surface area contributed by atoms with Gasteiger partial charge in [0, 0.05) is 42.3 Å². The molecule has 0 unspecified atom stereocenters. The Morgan fingerprint density at radius 1 is 1.16 bits per heavy atom. The Labute approximate surface area is 160 Å². The van der Waals surface area contributed by atoms with Crippen LogP contribution in [0.5, 0.6) is 5.75 Å². The number of nitrogens with zero attached hydrogens (tertiary/aromatic N) is 1. The number of ether oxygens (including phenoxy) is 1. The first-order valence-corrected chi connectivity index (χ1v) is 9.23. The number of piperazine rings is 1. The number of nitrogens with one attached hydrogen (secondary N) is 1. The van der Waals surface area contributed by atoms with E-state index in [1.165, 1.54) is 6.07 Å². The number of benzene rings is 1. The largest absolute Gasteiger partial charge is 0.573 e. The van der Waals surface area contributed by atoms with Crippen LogP contribution >= 0.6 is 28.3 Å². The lowest BCUT2D eigenvalue weighted by atomic mass is 9.89. The van der Waals surface area contributed by atoms with E-state index >= 15 is 0 Å². The molecular formula is C17H23BrClF3N2O. The lowest BCUT2D eigenvalue weighted by Gasteiger charge is -2.39. The van der Waals surface area contributed by atoms with Crippen LogP contribution in [0.25, 0.3) is 0 Å². The third-order valence-corrected chi connectivity index (χ3v) is 5.40. The van der Waals surface area contributed by atoms with Gasteiger partial charge in [0.05, 0.1) is 0 Å². The van der Waals surface area contributed by atoms with Gasteiger partial charge < -0.3 is 10.1 Å². The standard InChI is InChI=1S/C17H22BrF3N2O.ClH/c18-13-5-6-15(24-17(19,20)21)14(11-13)16(12-3-1-2-4-12)23-9-7-22-8-10-23;/h5-6,11-12,16,22H,1-4,7-10H2;1H/t16-;/m0./s1. The summed E-state index contributed by atoms with van der Waals surface area (Å²) in [5.41, 5.74) is 0.649. The van der Waals surface area contributed by atoms with E-state index in [9.17, 15) is 13.2 Å². The number of hydrogen-bond acceptors (Lipinski definition) is 3. The van der Waals surface area contributed by atoms with Crippen molar-refractivity contribution >= 4 is 28.3 Å². The highest BCUT2D eigenvalue weighted by Crippen LogP contribution is 2.44. The number of rotatable bonds is 4. The Morgan fingerprint density at radius 3 is 2.40 bits per heavy atom. The van der Waals surface area contributed by atoms with Crippen molar-refractivity contribution in [3.8, 4) is 5.75 Å². The summed E-state index contributed by atoms with van der Waals surface area (Å²) in [5, 5.41) is 3.31. The average molecular weight is 444 g/mol. The summed E-state index contributed by atoms with van der Waals surface area (Å²) in [6, 6.07) is 4.81. The van der Waals surface area contributed by atoms with Crippen molar-refractivity contribution in [1.29, 1.82) is 0 Å². The van der Waals surface area contributed by atoms with Gasteiger partial charge in [0.1, 0.15) is 5.75 Å². The molecule has 25 heavy (non-hydrogen) atoms. The van der Waals surface area contributed by atoms with E-state index in [-0.39, 0.29) is 24.2 Å². The van der Waals surface area contributed by atoms with E-state index in [0.29, 0.717) is 11.5 Å². The van der Waals surface area contributed by atoms with Gasteiger partial charge in [-0.05, 0) is 37.0 Å². The Morgan fingerprint density at radius 2 is 1.80 bits per heavy atom. The lowest BCUT2D eigenvalue weighted by molar-refractivity contribution is -0.275. The number of hydrogen-bond donors (Lipinski definition) is 1. The minimum Gasteiger partial charge on any atom is -0.405 e. The molecule has 1 aliphatic carbocycles. The highest BCUT2D eigenvalue weighted by molar-refractivity contribution is 9.10. The topological polar surface area (TPSA) is 24.5 Å². The molecule has 1 aromatic rings. The van der Waals surface area contributed by atoms with E-state index in [4.69, 9.17) is 0 Å². The molecule has 1 N–H and O–H groups in total. The Hall–Kier alpha value is -0.500. The van der Waals surface area contributed by atoms with Crippen molar-refractivity contribution in [2.24, 2.45) is 5.92 Å². The first kappa shape index (κ1) is 20.8. The SMILES string of the molecule is Cl.FC(F)(F)Oc1ccc(Br)cc1[C@H](C1CCCC1)N1CCNCC1. The molecule has 1 atom stereocenters. The first-order chi connectivity index (χ1) is 11.4. The van der Waals surface area contributed by atoms with E-state index < -0.39 is 6.36 Å². The van der Waals surface area contributed by atoms with Crippen molar-refractivity contribution in [1.82, 2.24) is 10.2 Å². The summed E-state index contributed by atoms with van der Waals surface area (Å²) in [6.45, 7) is 3.43. The summed E-state index contributed by atoms with van der Waals surface area (Å²) in [7, 11) is 0. The van der Waals surface area contributed by atoms with E-state index in [2.05, 4.69) is 30.9 Å². The summed E-state index contributed by atoms with van der Waals surface area (Å²) in [5.74, 6) is 0.314. The van der Waals surface area contributed by atoms with Gasteiger partial charge >= 0.3 is 6.36 Å². The molecule has 0 spiro atoms. The quantitative estimate of drug-likeness (QED) is 0.716. The summed E-state index contributed by atoms with van der Waals surface area (Å²) >= 11 is 3.41. The number of halogens is 5. The van der Waals surface area contributed by atoms with Crippen LogP contribution in [0.3, 0.4) is 0 Å². The maximum absolute atomic E-state index is 12.8. The fourth-order valence-electron chi connectivity index (χ4n) is 3.95. The van der Waals surface area contributed by atoms with Crippen molar-refractivity contribution in [3.05, 3.63) is 28.2 Å². The Balaban J connectivity index is 0.00000225. The van der Waals surface area contributed by atoms with Crippen LogP contribution in [0.15, 0.2) is 22.7 Å². The zero-order valence-electron chi connectivity index (χ0n) is 13.8. The van der Waals surface area contributed by atoms with Gasteiger partial charge in [-0.2, -0.15) is 0 Å². The van der Waals surface area contributed by atoms with Gasteiger partial charge in [0.15, 0.2) is 0 Å². The highest BCUT2D eigenvalue weighted by Gasteiger charge is 2.37. The predicted molar refractivity (Wildman–Crippen MR) is 97.2 cm³/mol. The fourth-order valence-corrected chi connectivity index (χ4v) is 4.33. The molecule has 1 saturated heterocycles. The molecule has 0 aromatic heterocycles. The third kappa shape index (κ3) is 5.49. The monoisotopic (exact) mass is 442 g/mol. The minimum atomic E-state index is -4.67. The molecule has 2 fully saturated rings. The maximum atomic E-state index is 12.8. The predicted octanol–water partition coefficient (Wildman–Crippen LogP) is 4.91. The summed E-state index contributed by atoms with van der Waals surface area (Å²) in [6.07, 6.45) is -0.251. The van der Waals surface area contributed by atoms with E-state index in [1.807, 2.05) is 0 Å². The normalized spacial score (nSPS) is 21.0. The zero-order chi connectivity index (χ0) is 17.2. The second-order valence-electron chi connectivity index (χ2n) is 6.51. The maximum Gasteiger partial charge on any atom is 0.573 e. The second-order valence-corrected chi connectivity index (χ2v) is 7.42. The van der Waals surface area contributed by atoms with Crippen molar-refractivity contribution in [2.75, 3.05) is 26.2 Å². The van der Waals surface area contributed by atoms with Crippen molar-refractivity contribution < 1.29 is 17.9 Å². The first-order valence-electron chi connectivity index (χ1n) is 8.44. The average Bonchev–Trinajstić information content (AvgIpc) is 3.04. The summed E-state index contributed by atoms with van der Waals surface area (Å²) < 4.78 is 43.7. The number of alkyl halides is 3. The molecule has 0 bridgehead atoms. The lowest BCUT2D eigenvalue weighted by Crippen LogP contribution is -2.46. The molecule has 2 aliphatic rings. The molecule has 1 aliphatic heterocycles. The van der Waals surface area contributed by atoms with Gasteiger partial charge in [-0.25, -0.2) is 0 Å². The second kappa shape index (κ2) is 8.93. The van der Waals surface area contributed by atoms with E-state index in [1.54, 1.807) is 12.1 Å². The van der Waals surface area contributed by atoms with Crippen LogP contribution in [0.4, 0.5) is 13.2 Å². The van der Waals surface area contributed by atoms with Gasteiger partial charge in [-0.3, -0.25) is 4.90 Å². The molecule has 0 radical (unpaired) electrons. The van der Waals surface area contributed by atoms with Crippen LogP contribution in [-0.2, 0) is 0 Å². The molecule has 142 valence electrons. The van der Waals surface area contributed by atoms with Crippen molar-refractivity contribution in [2.45, 2.75) is 38.1 Å². The van der Waals surface area contributed by atoms with Gasteiger partial charge in [-0.1, -0.05) is 28.8 Å². The van der Waals surface area contributed by atoms with Crippen molar-refractivity contribution in [3.63, 3.8) is 0 Å². The van der Waals surface area contributed by atoms with Gasteiger partial charge in [0.25, 0.3) is 0 Å². The van der Waals surface area contributed by atoms with Crippen LogP contribution in [0.2, 0.25) is 0 Å². The zero-order valence-corrected chi connectivity index (χ0v) is 16.2. The van der Waals surface area contributed by atoms with Gasteiger partial charge in [0.2, 0.25) is 0 Å². The molecule has 3 nitrogen and oxygen atoms in total. The fraction of sp³-hybridized carbons (Fsp3) is 0.647. The molecule has 1 aromatic carbocycles. The van der Waals surface area contributed by atoms with E-state index in [0.717, 1.165) is 56.3 Å². The molecule has 1 heterocycles. The molecule has 1 saturated carbocycles. The molecule has 0 amide bonds. The smallest absolute Gasteiger partial charge is 0.405 e. The van der Waals surface area contributed by atoms with Crippen LogP contribution in [0.1, 0.15) is 37.3 Å². The highest BCUT2D eigenvalue weighted by atomic mass is 79.9. The minimum absolute atomic E-state index is 0. The molecule has 3 rings (SSSR count). The van der Waals surface area contributed by atoms with Gasteiger partial charge in [-0.15, -0.1) is 25.6 Å². The molecule has 8 heteroatoms.